The number of hydrogen-bond donors (Lipinski definition) is 5. The van der Waals surface area contributed by atoms with Gasteiger partial charge in [-0.25, -0.2) is 0 Å². The number of aryl methyl sites for hydroxylation is 1. The Morgan fingerprint density at radius 1 is 1.03 bits per heavy atom. The van der Waals surface area contributed by atoms with E-state index in [4.69, 9.17) is 5.73 Å². The van der Waals surface area contributed by atoms with E-state index in [1.807, 2.05) is 25.1 Å². The van der Waals surface area contributed by atoms with Crippen LogP contribution in [0.2, 0.25) is 0 Å². The SMILES string of the molecule is Cc1ccc(CNC[C@H](NC(=O)CNC(=O)c2cccc(C(F)(F)F)c2)C(=O)NC(C)(C)C)cc1N. The Bertz CT molecular complexity index is 1100. The molecule has 0 spiro atoms. The first-order valence-corrected chi connectivity index (χ1v) is 11.3. The molecule has 196 valence electrons. The zero-order valence-electron chi connectivity index (χ0n) is 20.7. The molecular weight excluding hydrogens is 475 g/mol. The van der Waals surface area contributed by atoms with Crippen LogP contribution in [0.1, 0.15) is 47.8 Å². The highest BCUT2D eigenvalue weighted by Gasteiger charge is 2.31. The van der Waals surface area contributed by atoms with E-state index in [1.54, 1.807) is 20.8 Å². The molecule has 0 saturated heterocycles. The second-order valence-corrected chi connectivity index (χ2v) is 9.44. The maximum absolute atomic E-state index is 12.9. The first-order chi connectivity index (χ1) is 16.7. The summed E-state index contributed by atoms with van der Waals surface area (Å²) in [6, 6.07) is 8.49. The van der Waals surface area contributed by atoms with Crippen LogP contribution in [0.4, 0.5) is 18.9 Å². The fourth-order valence-electron chi connectivity index (χ4n) is 3.17. The average molecular weight is 508 g/mol. The van der Waals surface area contributed by atoms with E-state index in [0.717, 1.165) is 23.3 Å². The van der Waals surface area contributed by atoms with Crippen molar-refractivity contribution in [1.82, 2.24) is 21.3 Å². The zero-order chi connectivity index (χ0) is 27.1. The number of carbonyl (C=O) groups is 3. The number of carbonyl (C=O) groups excluding carboxylic acids is 3. The third-order valence-corrected chi connectivity index (χ3v) is 5.03. The lowest BCUT2D eigenvalue weighted by atomic mass is 10.1. The molecule has 0 aliphatic carbocycles. The summed E-state index contributed by atoms with van der Waals surface area (Å²) in [6.45, 7) is 7.23. The van der Waals surface area contributed by atoms with Crippen LogP contribution in [0.15, 0.2) is 42.5 Å². The lowest BCUT2D eigenvalue weighted by Gasteiger charge is -2.26. The van der Waals surface area contributed by atoms with Gasteiger partial charge in [0.15, 0.2) is 0 Å². The van der Waals surface area contributed by atoms with E-state index in [2.05, 4.69) is 21.3 Å². The summed E-state index contributed by atoms with van der Waals surface area (Å²) >= 11 is 0. The molecule has 0 aliphatic rings. The molecule has 8 nitrogen and oxygen atoms in total. The van der Waals surface area contributed by atoms with E-state index in [-0.39, 0.29) is 12.1 Å². The van der Waals surface area contributed by atoms with Crippen molar-refractivity contribution in [2.45, 2.75) is 52.0 Å². The normalized spacial score (nSPS) is 12.5. The lowest BCUT2D eigenvalue weighted by Crippen LogP contribution is -2.56. The van der Waals surface area contributed by atoms with Crippen LogP contribution < -0.4 is 27.0 Å². The summed E-state index contributed by atoms with van der Waals surface area (Å²) in [6.07, 6.45) is -4.60. The molecule has 2 rings (SSSR count). The maximum atomic E-state index is 12.9. The van der Waals surface area contributed by atoms with Gasteiger partial charge in [-0.2, -0.15) is 13.2 Å². The molecule has 0 bridgehead atoms. The number of rotatable bonds is 9. The summed E-state index contributed by atoms with van der Waals surface area (Å²) < 4.78 is 38.7. The molecule has 0 aromatic heterocycles. The smallest absolute Gasteiger partial charge is 0.399 e. The van der Waals surface area contributed by atoms with Gasteiger partial charge in [-0.15, -0.1) is 0 Å². The van der Waals surface area contributed by atoms with Gasteiger partial charge < -0.3 is 27.0 Å². The molecule has 11 heteroatoms. The number of nitrogens with two attached hydrogens (primary N) is 1. The van der Waals surface area contributed by atoms with Crippen LogP contribution in [0, 0.1) is 6.92 Å². The van der Waals surface area contributed by atoms with Gasteiger partial charge in [0.2, 0.25) is 11.8 Å². The Kier molecular flexibility index (Phi) is 9.46. The molecule has 0 saturated carbocycles. The highest BCUT2D eigenvalue weighted by molar-refractivity contribution is 5.97. The van der Waals surface area contributed by atoms with Crippen LogP contribution in [-0.2, 0) is 22.3 Å². The topological polar surface area (TPSA) is 125 Å². The van der Waals surface area contributed by atoms with Gasteiger partial charge in [0.05, 0.1) is 12.1 Å². The van der Waals surface area contributed by atoms with Crippen molar-refractivity contribution in [3.8, 4) is 0 Å². The van der Waals surface area contributed by atoms with Crippen molar-refractivity contribution in [3.63, 3.8) is 0 Å². The van der Waals surface area contributed by atoms with Crippen molar-refractivity contribution in [2.24, 2.45) is 0 Å². The molecule has 36 heavy (non-hydrogen) atoms. The quantitative estimate of drug-likeness (QED) is 0.334. The number of alkyl halides is 3. The Labute approximate surface area is 208 Å². The van der Waals surface area contributed by atoms with Gasteiger partial charge in [0.25, 0.3) is 5.91 Å². The highest BCUT2D eigenvalue weighted by Crippen LogP contribution is 2.29. The molecule has 0 unspecified atom stereocenters. The Morgan fingerprint density at radius 2 is 1.72 bits per heavy atom. The lowest BCUT2D eigenvalue weighted by molar-refractivity contribution is -0.137. The van der Waals surface area contributed by atoms with Gasteiger partial charge in [-0.05, 0) is 63.1 Å². The zero-order valence-corrected chi connectivity index (χ0v) is 20.7. The minimum atomic E-state index is -4.60. The van der Waals surface area contributed by atoms with Crippen molar-refractivity contribution < 1.29 is 27.6 Å². The maximum Gasteiger partial charge on any atom is 0.416 e. The molecular formula is C25H32F3N5O3. The summed E-state index contributed by atoms with van der Waals surface area (Å²) in [5.74, 6) is -1.95. The third kappa shape index (κ3) is 9.21. The van der Waals surface area contributed by atoms with Gasteiger partial charge in [-0.3, -0.25) is 14.4 Å². The van der Waals surface area contributed by atoms with E-state index >= 15 is 0 Å². The average Bonchev–Trinajstić information content (AvgIpc) is 2.77. The molecule has 0 fully saturated rings. The highest BCUT2D eigenvalue weighted by atomic mass is 19.4. The van der Waals surface area contributed by atoms with Crippen molar-refractivity contribution in [1.29, 1.82) is 0 Å². The van der Waals surface area contributed by atoms with Crippen molar-refractivity contribution >= 4 is 23.4 Å². The minimum Gasteiger partial charge on any atom is -0.399 e. The van der Waals surface area contributed by atoms with E-state index in [0.29, 0.717) is 18.3 Å². The monoisotopic (exact) mass is 507 g/mol. The summed E-state index contributed by atoms with van der Waals surface area (Å²) in [7, 11) is 0. The number of anilines is 1. The Morgan fingerprint density at radius 3 is 2.33 bits per heavy atom. The Hall–Kier alpha value is -3.60. The number of benzene rings is 2. The first-order valence-electron chi connectivity index (χ1n) is 11.3. The van der Waals surface area contributed by atoms with Crippen molar-refractivity contribution in [3.05, 3.63) is 64.7 Å². The molecule has 2 aromatic rings. The standard InChI is InChI=1S/C25H32F3N5O3/c1-15-8-9-16(10-19(15)29)12-30-13-20(23(36)33-24(2,3)4)32-21(34)14-31-22(35)17-6-5-7-18(11-17)25(26,27)28/h5-11,20,30H,12-14,29H2,1-4H3,(H,31,35)(H,32,34)(H,33,36)/t20-/m0/s1. The number of halogens is 3. The Balaban J connectivity index is 1.99. The molecule has 2 aromatic carbocycles. The molecule has 0 radical (unpaired) electrons. The van der Waals surface area contributed by atoms with Crippen LogP contribution in [0.5, 0.6) is 0 Å². The number of nitrogen functional groups attached to an aromatic ring is 1. The predicted molar refractivity (Wildman–Crippen MR) is 131 cm³/mol. The minimum absolute atomic E-state index is 0.0863. The fourth-order valence-corrected chi connectivity index (χ4v) is 3.17. The van der Waals surface area contributed by atoms with Crippen LogP contribution in [0.25, 0.3) is 0 Å². The molecule has 0 heterocycles. The number of amides is 3. The molecule has 6 N–H and O–H groups in total. The second-order valence-electron chi connectivity index (χ2n) is 9.44. The molecule has 0 aliphatic heterocycles. The van der Waals surface area contributed by atoms with Crippen molar-refractivity contribution in [2.75, 3.05) is 18.8 Å². The molecule has 3 amide bonds. The molecule has 1 atom stereocenters. The first kappa shape index (κ1) is 28.6. The third-order valence-electron chi connectivity index (χ3n) is 5.03. The van der Waals surface area contributed by atoms with Crippen LogP contribution in [0.3, 0.4) is 0 Å². The van der Waals surface area contributed by atoms with Crippen LogP contribution >= 0.6 is 0 Å². The largest absolute Gasteiger partial charge is 0.416 e. The van der Waals surface area contributed by atoms with Gasteiger partial charge in [-0.1, -0.05) is 18.2 Å². The van der Waals surface area contributed by atoms with Gasteiger partial charge in [0.1, 0.15) is 6.04 Å². The number of hydrogen-bond acceptors (Lipinski definition) is 5. The van der Waals surface area contributed by atoms with E-state index in [1.165, 1.54) is 6.07 Å². The van der Waals surface area contributed by atoms with Gasteiger partial charge in [0, 0.05) is 29.9 Å². The summed E-state index contributed by atoms with van der Waals surface area (Å²) in [5, 5.41) is 10.7. The van der Waals surface area contributed by atoms with Crippen LogP contribution in [-0.4, -0.2) is 42.4 Å². The van der Waals surface area contributed by atoms with Gasteiger partial charge >= 0.3 is 6.18 Å². The summed E-state index contributed by atoms with van der Waals surface area (Å²) in [5.41, 5.74) is 6.64. The fraction of sp³-hybridized carbons (Fsp3) is 0.400. The number of nitrogens with one attached hydrogen (secondary N) is 4. The van der Waals surface area contributed by atoms with E-state index in [9.17, 15) is 27.6 Å². The second kappa shape index (κ2) is 11.9. The van der Waals surface area contributed by atoms with E-state index < -0.39 is 47.6 Å². The predicted octanol–water partition coefficient (Wildman–Crippen LogP) is 2.52. The summed E-state index contributed by atoms with van der Waals surface area (Å²) in [4.78, 5) is 37.5.